The average Bonchev–Trinajstić information content (AvgIpc) is 2.76. The van der Waals surface area contributed by atoms with E-state index in [2.05, 4.69) is 46.4 Å². The molecule has 21 heavy (non-hydrogen) atoms. The summed E-state index contributed by atoms with van der Waals surface area (Å²) in [6.45, 7) is 7.33. The van der Waals surface area contributed by atoms with Crippen LogP contribution in [0.2, 0.25) is 0 Å². The highest BCUT2D eigenvalue weighted by Crippen LogP contribution is 2.19. The molecule has 0 radical (unpaired) electrons. The van der Waals surface area contributed by atoms with E-state index in [4.69, 9.17) is 4.42 Å². The van der Waals surface area contributed by atoms with Gasteiger partial charge in [0, 0.05) is 25.2 Å². The lowest BCUT2D eigenvalue weighted by Gasteiger charge is -2.17. The van der Waals surface area contributed by atoms with Crippen LogP contribution in [0.4, 0.5) is 0 Å². The lowest BCUT2D eigenvalue weighted by Crippen LogP contribution is -2.27. The standard InChI is InChI=1S/C16H21N3O.ClH/c1-13-3-5-14(6-4-13)16-18-15(12-20-16)11-19-9-2-7-17-8-10-19;/h3-6,12,17H,2,7-11H2,1H3;1H. The van der Waals surface area contributed by atoms with E-state index in [1.807, 2.05) is 0 Å². The van der Waals surface area contributed by atoms with Crippen molar-refractivity contribution in [3.8, 4) is 11.5 Å². The third-order valence-corrected chi connectivity index (χ3v) is 3.67. The van der Waals surface area contributed by atoms with Crippen LogP contribution in [0.1, 0.15) is 17.7 Å². The van der Waals surface area contributed by atoms with Gasteiger partial charge in [0.15, 0.2) is 0 Å². The molecule has 1 N–H and O–H groups in total. The van der Waals surface area contributed by atoms with Crippen LogP contribution in [-0.2, 0) is 6.54 Å². The van der Waals surface area contributed by atoms with Gasteiger partial charge in [-0.05, 0) is 38.6 Å². The molecule has 2 aromatic rings. The third-order valence-electron chi connectivity index (χ3n) is 3.67. The first-order valence-corrected chi connectivity index (χ1v) is 7.26. The number of hydrogen-bond donors (Lipinski definition) is 1. The number of oxazole rings is 1. The minimum Gasteiger partial charge on any atom is -0.444 e. The van der Waals surface area contributed by atoms with Gasteiger partial charge in [-0.2, -0.15) is 0 Å². The Hall–Kier alpha value is -1.36. The number of nitrogens with one attached hydrogen (secondary N) is 1. The Bertz CT molecular complexity index is 545. The zero-order valence-electron chi connectivity index (χ0n) is 12.3. The van der Waals surface area contributed by atoms with Crippen LogP contribution in [0.5, 0.6) is 0 Å². The Balaban J connectivity index is 0.00000161. The molecular weight excluding hydrogens is 286 g/mol. The van der Waals surface area contributed by atoms with E-state index in [9.17, 15) is 0 Å². The molecule has 1 saturated heterocycles. The zero-order chi connectivity index (χ0) is 13.8. The van der Waals surface area contributed by atoms with E-state index in [0.29, 0.717) is 5.89 Å². The summed E-state index contributed by atoms with van der Waals surface area (Å²) in [5.41, 5.74) is 3.31. The minimum absolute atomic E-state index is 0. The fourth-order valence-electron chi connectivity index (χ4n) is 2.50. The van der Waals surface area contributed by atoms with Crippen molar-refractivity contribution in [2.24, 2.45) is 0 Å². The Labute approximate surface area is 132 Å². The van der Waals surface area contributed by atoms with E-state index in [1.54, 1.807) is 6.26 Å². The largest absolute Gasteiger partial charge is 0.444 e. The quantitative estimate of drug-likeness (QED) is 0.947. The normalized spacial score (nSPS) is 16.2. The molecule has 0 amide bonds. The fourth-order valence-corrected chi connectivity index (χ4v) is 2.50. The van der Waals surface area contributed by atoms with Gasteiger partial charge >= 0.3 is 0 Å². The van der Waals surface area contributed by atoms with Crippen molar-refractivity contribution in [3.63, 3.8) is 0 Å². The van der Waals surface area contributed by atoms with Crippen molar-refractivity contribution in [2.45, 2.75) is 19.9 Å². The van der Waals surface area contributed by atoms with Crippen molar-refractivity contribution in [1.82, 2.24) is 15.2 Å². The summed E-state index contributed by atoms with van der Waals surface area (Å²) in [4.78, 5) is 7.03. The summed E-state index contributed by atoms with van der Waals surface area (Å²) in [6, 6.07) is 8.28. The Morgan fingerprint density at radius 2 is 2.00 bits per heavy atom. The van der Waals surface area contributed by atoms with Gasteiger partial charge < -0.3 is 9.73 Å². The highest BCUT2D eigenvalue weighted by Gasteiger charge is 2.12. The maximum absolute atomic E-state index is 5.61. The molecule has 5 heteroatoms. The van der Waals surface area contributed by atoms with Crippen molar-refractivity contribution in [3.05, 3.63) is 41.8 Å². The molecule has 0 spiro atoms. The number of rotatable bonds is 3. The van der Waals surface area contributed by atoms with Crippen LogP contribution >= 0.6 is 12.4 Å². The molecule has 0 bridgehead atoms. The highest BCUT2D eigenvalue weighted by atomic mass is 35.5. The van der Waals surface area contributed by atoms with Gasteiger partial charge in [-0.15, -0.1) is 12.4 Å². The van der Waals surface area contributed by atoms with E-state index in [0.717, 1.165) is 44.0 Å². The van der Waals surface area contributed by atoms with Gasteiger partial charge in [-0.3, -0.25) is 4.90 Å². The predicted octanol–water partition coefficient (Wildman–Crippen LogP) is 2.87. The van der Waals surface area contributed by atoms with Crippen LogP contribution in [0.15, 0.2) is 34.9 Å². The van der Waals surface area contributed by atoms with E-state index in [-0.39, 0.29) is 12.4 Å². The molecule has 0 aliphatic carbocycles. The second-order valence-electron chi connectivity index (χ2n) is 5.39. The maximum Gasteiger partial charge on any atom is 0.226 e. The number of benzene rings is 1. The Kier molecular flexibility index (Phi) is 5.79. The number of aromatic nitrogens is 1. The lowest BCUT2D eigenvalue weighted by molar-refractivity contribution is 0.281. The summed E-state index contributed by atoms with van der Waals surface area (Å²) in [5.74, 6) is 0.716. The number of halogens is 1. The second-order valence-corrected chi connectivity index (χ2v) is 5.39. The zero-order valence-corrected chi connectivity index (χ0v) is 13.2. The molecule has 1 aliphatic rings. The molecule has 3 rings (SSSR count). The number of nitrogens with zero attached hydrogens (tertiary/aromatic N) is 2. The summed E-state index contributed by atoms with van der Waals surface area (Å²) >= 11 is 0. The summed E-state index contributed by atoms with van der Waals surface area (Å²) in [7, 11) is 0. The van der Waals surface area contributed by atoms with Crippen molar-refractivity contribution >= 4 is 12.4 Å². The molecule has 4 nitrogen and oxygen atoms in total. The highest BCUT2D eigenvalue weighted by molar-refractivity contribution is 5.85. The predicted molar refractivity (Wildman–Crippen MR) is 86.7 cm³/mol. The number of aryl methyl sites for hydroxylation is 1. The van der Waals surface area contributed by atoms with E-state index < -0.39 is 0 Å². The minimum atomic E-state index is 0. The second kappa shape index (κ2) is 7.59. The molecule has 1 aromatic heterocycles. The SMILES string of the molecule is Cc1ccc(-c2nc(CN3CCCNCC3)co2)cc1.Cl. The molecule has 1 fully saturated rings. The fraction of sp³-hybridized carbons (Fsp3) is 0.438. The third kappa shape index (κ3) is 4.30. The van der Waals surface area contributed by atoms with Crippen LogP contribution in [-0.4, -0.2) is 36.1 Å². The molecule has 2 heterocycles. The van der Waals surface area contributed by atoms with Gasteiger partial charge in [-0.1, -0.05) is 17.7 Å². The molecule has 1 aliphatic heterocycles. The van der Waals surface area contributed by atoms with Crippen molar-refractivity contribution in [2.75, 3.05) is 26.2 Å². The van der Waals surface area contributed by atoms with Crippen LogP contribution in [0.25, 0.3) is 11.5 Å². The monoisotopic (exact) mass is 307 g/mol. The summed E-state index contributed by atoms with van der Waals surface area (Å²) < 4.78 is 5.61. The van der Waals surface area contributed by atoms with Gasteiger partial charge in [-0.25, -0.2) is 4.98 Å². The van der Waals surface area contributed by atoms with Gasteiger partial charge in [0.05, 0.1) is 5.69 Å². The van der Waals surface area contributed by atoms with Crippen LogP contribution in [0.3, 0.4) is 0 Å². The smallest absolute Gasteiger partial charge is 0.226 e. The first-order valence-electron chi connectivity index (χ1n) is 7.26. The molecule has 114 valence electrons. The first-order chi connectivity index (χ1) is 9.81. The molecule has 0 unspecified atom stereocenters. The van der Waals surface area contributed by atoms with Gasteiger partial charge in [0.1, 0.15) is 6.26 Å². The van der Waals surface area contributed by atoms with Gasteiger partial charge in [0.2, 0.25) is 5.89 Å². The van der Waals surface area contributed by atoms with Gasteiger partial charge in [0.25, 0.3) is 0 Å². The summed E-state index contributed by atoms with van der Waals surface area (Å²) in [6.07, 6.45) is 2.98. The molecule has 1 aromatic carbocycles. The molecular formula is C16H22ClN3O. The molecule has 0 saturated carbocycles. The van der Waals surface area contributed by atoms with Crippen LogP contribution in [0, 0.1) is 6.92 Å². The maximum atomic E-state index is 5.61. The Morgan fingerprint density at radius 1 is 1.19 bits per heavy atom. The lowest BCUT2D eigenvalue weighted by atomic mass is 10.1. The van der Waals surface area contributed by atoms with Crippen molar-refractivity contribution < 1.29 is 4.42 Å². The Morgan fingerprint density at radius 3 is 2.81 bits per heavy atom. The summed E-state index contributed by atoms with van der Waals surface area (Å²) in [5, 5.41) is 3.41. The molecule has 0 atom stereocenters. The number of hydrogen-bond acceptors (Lipinski definition) is 4. The van der Waals surface area contributed by atoms with Crippen molar-refractivity contribution in [1.29, 1.82) is 0 Å². The van der Waals surface area contributed by atoms with Crippen LogP contribution < -0.4 is 5.32 Å². The average molecular weight is 308 g/mol. The van der Waals surface area contributed by atoms with E-state index >= 15 is 0 Å². The first kappa shape index (κ1) is 16.0. The topological polar surface area (TPSA) is 41.3 Å². The van der Waals surface area contributed by atoms with E-state index in [1.165, 1.54) is 12.0 Å².